The van der Waals surface area contributed by atoms with Crippen LogP contribution in [0.3, 0.4) is 0 Å². The molecule has 2 fully saturated rings. The number of carbonyl (C=O) groups excluding carboxylic acids is 1. The first-order chi connectivity index (χ1) is 17.7. The third kappa shape index (κ3) is 6.74. The Morgan fingerprint density at radius 2 is 1.84 bits per heavy atom. The first-order valence-corrected chi connectivity index (χ1v) is 14.9. The van der Waals surface area contributed by atoms with E-state index >= 15 is 0 Å². The zero-order valence-electron chi connectivity index (χ0n) is 21.5. The van der Waals surface area contributed by atoms with Crippen LogP contribution >= 0.6 is 0 Å². The molecule has 1 aromatic heterocycles. The number of ether oxygens (including phenoxy) is 1. The molecule has 2 heterocycles. The summed E-state index contributed by atoms with van der Waals surface area (Å²) in [4.78, 5) is 16.9. The fraction of sp³-hybridized carbons (Fsp3) is 0.571. The van der Waals surface area contributed by atoms with Crippen molar-refractivity contribution < 1.29 is 23.1 Å². The lowest BCUT2D eigenvalue weighted by Gasteiger charge is -2.37. The SMILES string of the molecule is Cn1cnc(S(=O)(=O)Nc2cccc(CCCC3=C(O)CC(CCC4CC4)(CCC4CC4)OC3=O)c2)c1. The monoisotopic (exact) mass is 527 g/mol. The molecule has 0 bridgehead atoms. The van der Waals surface area contributed by atoms with Crippen molar-refractivity contribution >= 4 is 21.7 Å². The summed E-state index contributed by atoms with van der Waals surface area (Å²) in [6.07, 6.45) is 13.9. The molecule has 2 saturated carbocycles. The molecule has 1 aromatic carbocycles. The van der Waals surface area contributed by atoms with Crippen molar-refractivity contribution in [1.29, 1.82) is 0 Å². The molecule has 2 N–H and O–H groups in total. The molecule has 200 valence electrons. The van der Waals surface area contributed by atoms with Crippen molar-refractivity contribution in [2.45, 2.75) is 87.7 Å². The number of benzene rings is 1. The maximum absolute atomic E-state index is 13.0. The molecule has 1 aliphatic heterocycles. The van der Waals surface area contributed by atoms with Gasteiger partial charge in [-0.2, -0.15) is 8.42 Å². The highest BCUT2D eigenvalue weighted by molar-refractivity contribution is 7.92. The van der Waals surface area contributed by atoms with Crippen LogP contribution in [-0.2, 0) is 33.0 Å². The Labute approximate surface area is 219 Å². The van der Waals surface area contributed by atoms with Crippen LogP contribution in [0.25, 0.3) is 0 Å². The molecule has 9 heteroatoms. The highest BCUT2D eigenvalue weighted by Crippen LogP contribution is 2.45. The van der Waals surface area contributed by atoms with Gasteiger partial charge in [0, 0.05) is 25.4 Å². The van der Waals surface area contributed by atoms with Crippen molar-refractivity contribution in [3.8, 4) is 0 Å². The lowest BCUT2D eigenvalue weighted by atomic mass is 9.83. The fourth-order valence-electron chi connectivity index (χ4n) is 5.22. The average molecular weight is 528 g/mol. The number of nitrogens with one attached hydrogen (secondary N) is 1. The van der Waals surface area contributed by atoms with E-state index in [1.165, 1.54) is 38.2 Å². The molecule has 0 unspecified atom stereocenters. The summed E-state index contributed by atoms with van der Waals surface area (Å²) in [5, 5.41) is 10.9. The second kappa shape index (κ2) is 10.5. The number of esters is 1. The van der Waals surface area contributed by atoms with E-state index < -0.39 is 15.6 Å². The van der Waals surface area contributed by atoms with E-state index in [2.05, 4.69) is 9.71 Å². The summed E-state index contributed by atoms with van der Waals surface area (Å²) in [5.74, 6) is 1.34. The Kier molecular flexibility index (Phi) is 7.34. The zero-order valence-corrected chi connectivity index (χ0v) is 22.3. The van der Waals surface area contributed by atoms with Crippen LogP contribution in [0.5, 0.6) is 0 Å². The molecule has 0 atom stereocenters. The van der Waals surface area contributed by atoms with Gasteiger partial charge < -0.3 is 14.4 Å². The van der Waals surface area contributed by atoms with Crippen LogP contribution in [0.2, 0.25) is 0 Å². The first kappa shape index (κ1) is 25.8. The van der Waals surface area contributed by atoms with Crippen molar-refractivity contribution in [3.63, 3.8) is 0 Å². The minimum Gasteiger partial charge on any atom is -0.512 e. The van der Waals surface area contributed by atoms with Crippen LogP contribution < -0.4 is 4.72 Å². The predicted molar refractivity (Wildman–Crippen MR) is 140 cm³/mol. The molecule has 2 aliphatic carbocycles. The maximum atomic E-state index is 13.0. The van der Waals surface area contributed by atoms with Crippen molar-refractivity contribution in [3.05, 3.63) is 53.7 Å². The Morgan fingerprint density at radius 1 is 1.14 bits per heavy atom. The fourth-order valence-corrected chi connectivity index (χ4v) is 6.25. The average Bonchev–Trinajstić information content (AvgIpc) is 3.78. The Balaban J connectivity index is 1.18. The number of aliphatic hydroxyl groups excluding tert-OH is 1. The number of rotatable bonds is 13. The molecule has 8 nitrogen and oxygen atoms in total. The largest absolute Gasteiger partial charge is 0.512 e. The van der Waals surface area contributed by atoms with Gasteiger partial charge in [-0.15, -0.1) is 0 Å². The van der Waals surface area contributed by atoms with Crippen LogP contribution in [-0.4, -0.2) is 34.6 Å². The highest BCUT2D eigenvalue weighted by Gasteiger charge is 2.43. The van der Waals surface area contributed by atoms with Crippen molar-refractivity contribution in [1.82, 2.24) is 9.55 Å². The minimum absolute atomic E-state index is 0.0380. The molecular formula is C28H37N3O5S. The Morgan fingerprint density at radius 3 is 2.43 bits per heavy atom. The van der Waals surface area contributed by atoms with Crippen molar-refractivity contribution in [2.24, 2.45) is 18.9 Å². The summed E-state index contributed by atoms with van der Waals surface area (Å²) in [6.45, 7) is 0. The van der Waals surface area contributed by atoms with Gasteiger partial charge >= 0.3 is 5.97 Å². The van der Waals surface area contributed by atoms with Crippen molar-refractivity contribution in [2.75, 3.05) is 4.72 Å². The van der Waals surface area contributed by atoms with Gasteiger partial charge in [0.15, 0.2) is 5.03 Å². The van der Waals surface area contributed by atoms with E-state index in [0.717, 1.165) is 43.1 Å². The number of imidazole rings is 1. The van der Waals surface area contributed by atoms with Gasteiger partial charge in [0.25, 0.3) is 10.0 Å². The second-order valence-electron chi connectivity index (χ2n) is 11.2. The maximum Gasteiger partial charge on any atom is 0.337 e. The number of cyclic esters (lactones) is 1. The molecule has 0 spiro atoms. The van der Waals surface area contributed by atoms with E-state index in [0.29, 0.717) is 36.9 Å². The first-order valence-electron chi connectivity index (χ1n) is 13.5. The lowest BCUT2D eigenvalue weighted by molar-refractivity contribution is -0.161. The summed E-state index contributed by atoms with van der Waals surface area (Å²) >= 11 is 0. The van der Waals surface area contributed by atoms with Crippen LogP contribution in [0.4, 0.5) is 5.69 Å². The normalized spacial score (nSPS) is 19.6. The highest BCUT2D eigenvalue weighted by atomic mass is 32.2. The minimum atomic E-state index is -3.77. The van der Waals surface area contributed by atoms with Gasteiger partial charge in [0.1, 0.15) is 11.4 Å². The summed E-state index contributed by atoms with van der Waals surface area (Å²) in [6, 6.07) is 7.20. The standard InChI is InChI=1S/C28H37N3O5S/c1-31-18-26(29-19-31)37(34,35)30-23-6-2-4-22(16-23)5-3-7-24-25(32)17-28(36-27(24)33,14-12-20-8-9-20)15-13-21-10-11-21/h2,4,6,16,18-21,30,32H,3,5,7-15,17H2,1H3. The van der Waals surface area contributed by atoms with E-state index in [4.69, 9.17) is 4.74 Å². The smallest absolute Gasteiger partial charge is 0.337 e. The Bertz CT molecular complexity index is 1260. The second-order valence-corrected chi connectivity index (χ2v) is 12.8. The topological polar surface area (TPSA) is 111 Å². The number of hydrogen-bond acceptors (Lipinski definition) is 6. The molecule has 37 heavy (non-hydrogen) atoms. The van der Waals surface area contributed by atoms with Gasteiger partial charge in [-0.25, -0.2) is 9.78 Å². The van der Waals surface area contributed by atoms with Gasteiger partial charge in [0.2, 0.25) is 0 Å². The predicted octanol–water partition coefficient (Wildman–Crippen LogP) is 5.42. The molecule has 0 amide bonds. The number of sulfonamides is 1. The van der Waals surface area contributed by atoms with Gasteiger partial charge in [-0.3, -0.25) is 4.72 Å². The number of aliphatic hydroxyl groups is 1. The van der Waals surface area contributed by atoms with E-state index in [-0.39, 0.29) is 16.8 Å². The summed E-state index contributed by atoms with van der Waals surface area (Å²) in [7, 11) is -2.06. The van der Waals surface area contributed by atoms with E-state index in [9.17, 15) is 18.3 Å². The number of aromatic nitrogens is 2. The molecular weight excluding hydrogens is 490 g/mol. The molecule has 5 rings (SSSR count). The van der Waals surface area contributed by atoms with E-state index in [1.807, 2.05) is 6.07 Å². The number of hydrogen-bond donors (Lipinski definition) is 2. The van der Waals surface area contributed by atoms with E-state index in [1.54, 1.807) is 29.8 Å². The zero-order chi connectivity index (χ0) is 26.0. The number of carbonyl (C=O) groups is 1. The number of aryl methyl sites for hydroxylation is 2. The number of anilines is 1. The van der Waals surface area contributed by atoms with Gasteiger partial charge in [0.05, 0.1) is 11.9 Å². The quantitative estimate of drug-likeness (QED) is 0.337. The molecule has 2 aromatic rings. The Hall–Kier alpha value is -2.81. The summed E-state index contributed by atoms with van der Waals surface area (Å²) < 4.78 is 35.4. The van der Waals surface area contributed by atoms with Gasteiger partial charge in [-0.05, 0) is 74.5 Å². The third-order valence-electron chi connectivity index (χ3n) is 7.83. The lowest BCUT2D eigenvalue weighted by Crippen LogP contribution is -2.40. The third-order valence-corrected chi connectivity index (χ3v) is 9.10. The van der Waals surface area contributed by atoms with Crippen LogP contribution in [0.15, 0.2) is 53.1 Å². The summed E-state index contributed by atoms with van der Waals surface area (Å²) in [5.41, 5.74) is 1.24. The van der Waals surface area contributed by atoms with Crippen LogP contribution in [0.1, 0.15) is 76.2 Å². The van der Waals surface area contributed by atoms with Gasteiger partial charge in [-0.1, -0.05) is 37.8 Å². The van der Waals surface area contributed by atoms with Crippen LogP contribution in [0, 0.1) is 11.8 Å². The molecule has 3 aliphatic rings. The molecule has 0 radical (unpaired) electrons. The number of nitrogens with zero attached hydrogens (tertiary/aromatic N) is 2. The molecule has 0 saturated heterocycles.